The molecule has 4 nitrogen and oxygen atoms in total. The minimum atomic E-state index is -2.68. The number of rotatable bonds is 6. The third-order valence-corrected chi connectivity index (χ3v) is 4.47. The number of nitrogens with zero attached hydrogens (tertiary/aromatic N) is 4. The van der Waals surface area contributed by atoms with Crippen LogP contribution in [0.25, 0.3) is 12.3 Å². The maximum atomic E-state index is 13.0. The summed E-state index contributed by atoms with van der Waals surface area (Å²) in [5, 5.41) is 7.25. The van der Waals surface area contributed by atoms with Crippen LogP contribution >= 0.6 is 0 Å². The van der Waals surface area contributed by atoms with Crippen molar-refractivity contribution in [1.82, 2.24) is 19.7 Å². The lowest BCUT2D eigenvalue weighted by Gasteiger charge is -2.26. The molecular formula is C20H22F2N4. The molecule has 0 fully saturated rings. The largest absolute Gasteiger partial charge is 0.345 e. The van der Waals surface area contributed by atoms with E-state index in [-0.39, 0.29) is 11.7 Å². The van der Waals surface area contributed by atoms with Gasteiger partial charge in [0, 0.05) is 30.6 Å². The summed E-state index contributed by atoms with van der Waals surface area (Å²) in [7, 11) is 2.05. The molecule has 1 unspecified atom stereocenters. The summed E-state index contributed by atoms with van der Waals surface area (Å²) < 4.78 is 27.3. The topological polar surface area (TPSA) is 34.0 Å². The third kappa shape index (κ3) is 3.90. The van der Waals surface area contributed by atoms with Crippen LogP contribution in [-0.4, -0.2) is 26.7 Å². The first-order valence-corrected chi connectivity index (χ1v) is 8.62. The van der Waals surface area contributed by atoms with Crippen LogP contribution in [0.5, 0.6) is 0 Å². The fraction of sp³-hybridized carbons (Fsp3) is 0.300. The fourth-order valence-electron chi connectivity index (χ4n) is 2.97. The van der Waals surface area contributed by atoms with Crippen LogP contribution in [-0.2, 0) is 0 Å². The van der Waals surface area contributed by atoms with E-state index in [9.17, 15) is 8.78 Å². The van der Waals surface area contributed by atoms with Gasteiger partial charge in [-0.1, -0.05) is 37.0 Å². The summed E-state index contributed by atoms with van der Waals surface area (Å²) in [4.78, 5) is 2.16. The Morgan fingerprint density at radius 2 is 2.04 bits per heavy atom. The first-order chi connectivity index (χ1) is 12.6. The van der Waals surface area contributed by atoms with E-state index in [4.69, 9.17) is 0 Å². The SMILES string of the molecule is C=Cc1nnc(C(F)F)n1/C=C/C1C=CC(N(C)C2=CCCC=C2)=CC1. The first-order valence-electron chi connectivity index (χ1n) is 8.62. The number of alkyl halides is 2. The summed E-state index contributed by atoms with van der Waals surface area (Å²) in [5.41, 5.74) is 2.33. The van der Waals surface area contributed by atoms with Crippen molar-refractivity contribution in [3.8, 4) is 0 Å². The molecule has 136 valence electrons. The van der Waals surface area contributed by atoms with Gasteiger partial charge in [0.1, 0.15) is 0 Å². The highest BCUT2D eigenvalue weighted by Gasteiger charge is 2.18. The number of hydrogen-bond donors (Lipinski definition) is 0. The Hall–Kier alpha value is -2.76. The van der Waals surface area contributed by atoms with Crippen molar-refractivity contribution in [3.63, 3.8) is 0 Å². The van der Waals surface area contributed by atoms with Crippen molar-refractivity contribution < 1.29 is 8.78 Å². The smallest absolute Gasteiger partial charge is 0.297 e. The lowest BCUT2D eigenvalue weighted by atomic mass is 9.98. The highest BCUT2D eigenvalue weighted by Crippen LogP contribution is 2.25. The van der Waals surface area contributed by atoms with Crippen molar-refractivity contribution in [2.45, 2.75) is 25.7 Å². The molecule has 0 N–H and O–H groups in total. The van der Waals surface area contributed by atoms with E-state index >= 15 is 0 Å². The normalized spacial score (nSPS) is 19.8. The minimum Gasteiger partial charge on any atom is -0.345 e. The molecule has 1 atom stereocenters. The predicted molar refractivity (Wildman–Crippen MR) is 100.0 cm³/mol. The van der Waals surface area contributed by atoms with Gasteiger partial charge in [-0.05, 0) is 37.5 Å². The molecule has 2 aliphatic rings. The molecule has 1 aromatic rings. The quantitative estimate of drug-likeness (QED) is 0.723. The van der Waals surface area contributed by atoms with Crippen molar-refractivity contribution >= 4 is 12.3 Å². The van der Waals surface area contributed by atoms with E-state index in [0.717, 1.165) is 25.0 Å². The van der Waals surface area contributed by atoms with Gasteiger partial charge in [-0.15, -0.1) is 10.2 Å². The molecule has 26 heavy (non-hydrogen) atoms. The Morgan fingerprint density at radius 1 is 1.23 bits per heavy atom. The molecule has 1 aromatic heterocycles. The highest BCUT2D eigenvalue weighted by molar-refractivity contribution is 5.44. The molecule has 3 rings (SSSR count). The van der Waals surface area contributed by atoms with Gasteiger partial charge < -0.3 is 4.90 Å². The van der Waals surface area contributed by atoms with Crippen LogP contribution in [0.15, 0.2) is 60.5 Å². The lowest BCUT2D eigenvalue weighted by Crippen LogP contribution is -2.17. The molecule has 2 aliphatic carbocycles. The van der Waals surface area contributed by atoms with Gasteiger partial charge in [0.15, 0.2) is 5.82 Å². The van der Waals surface area contributed by atoms with Gasteiger partial charge in [-0.2, -0.15) is 0 Å². The predicted octanol–water partition coefficient (Wildman–Crippen LogP) is 4.96. The van der Waals surface area contributed by atoms with E-state index in [0.29, 0.717) is 5.82 Å². The third-order valence-electron chi connectivity index (χ3n) is 4.47. The Morgan fingerprint density at radius 3 is 2.65 bits per heavy atom. The molecule has 0 amide bonds. The molecule has 6 heteroatoms. The summed E-state index contributed by atoms with van der Waals surface area (Å²) in [5.74, 6) is 0.0693. The van der Waals surface area contributed by atoms with Crippen LogP contribution in [0.3, 0.4) is 0 Å². The highest BCUT2D eigenvalue weighted by atomic mass is 19.3. The van der Waals surface area contributed by atoms with Crippen molar-refractivity contribution in [3.05, 3.63) is 72.2 Å². The molecule has 0 aliphatic heterocycles. The standard InChI is InChI=1S/C20H22F2N4/c1-3-18-23-24-20(19(21)22)26(18)14-13-15-9-11-17(12-10-15)25(2)16-7-5-4-6-8-16/h3,5,7-9,11-15,19H,1,4,6,10H2,2H3/b14-13+. The van der Waals surface area contributed by atoms with Crippen LogP contribution in [0.2, 0.25) is 0 Å². The van der Waals surface area contributed by atoms with E-state index in [1.165, 1.54) is 16.3 Å². The second-order valence-electron chi connectivity index (χ2n) is 6.19. The summed E-state index contributed by atoms with van der Waals surface area (Å²) >= 11 is 0. The van der Waals surface area contributed by atoms with Crippen molar-refractivity contribution in [1.29, 1.82) is 0 Å². The minimum absolute atomic E-state index is 0.133. The molecular weight excluding hydrogens is 334 g/mol. The van der Waals surface area contributed by atoms with E-state index < -0.39 is 6.43 Å². The summed E-state index contributed by atoms with van der Waals surface area (Å²) in [6.07, 6.45) is 18.0. The monoisotopic (exact) mass is 356 g/mol. The van der Waals surface area contributed by atoms with Crippen molar-refractivity contribution in [2.24, 2.45) is 5.92 Å². The summed E-state index contributed by atoms with van der Waals surface area (Å²) in [6, 6.07) is 0. The molecule has 0 aromatic carbocycles. The van der Waals surface area contributed by atoms with Crippen LogP contribution < -0.4 is 0 Å². The first kappa shape index (κ1) is 18.0. The average Bonchev–Trinajstić information content (AvgIpc) is 3.10. The average molecular weight is 356 g/mol. The molecule has 0 radical (unpaired) electrons. The van der Waals surface area contributed by atoms with E-state index in [1.54, 1.807) is 6.20 Å². The van der Waals surface area contributed by atoms with Crippen LogP contribution in [0, 0.1) is 5.92 Å². The molecule has 1 heterocycles. The van der Waals surface area contributed by atoms with E-state index in [2.05, 4.69) is 65.2 Å². The lowest BCUT2D eigenvalue weighted by molar-refractivity contribution is 0.138. The Bertz CT molecular complexity index is 812. The second-order valence-corrected chi connectivity index (χ2v) is 6.19. The van der Waals surface area contributed by atoms with Crippen LogP contribution in [0.1, 0.15) is 37.3 Å². The maximum Gasteiger partial charge on any atom is 0.297 e. The zero-order chi connectivity index (χ0) is 18.5. The Labute approximate surface area is 152 Å². The van der Waals surface area contributed by atoms with Gasteiger partial charge in [0.05, 0.1) is 0 Å². The molecule has 0 saturated carbocycles. The number of halogens is 2. The number of likely N-dealkylation sites (N-methyl/N-ethyl adjacent to an activating group) is 1. The zero-order valence-electron chi connectivity index (χ0n) is 14.7. The maximum absolute atomic E-state index is 13.0. The summed E-state index contributed by atoms with van der Waals surface area (Å²) in [6.45, 7) is 3.59. The second kappa shape index (κ2) is 8.08. The van der Waals surface area contributed by atoms with Gasteiger partial charge in [0.2, 0.25) is 5.82 Å². The Kier molecular flexibility index (Phi) is 5.61. The van der Waals surface area contributed by atoms with Gasteiger partial charge in [-0.3, -0.25) is 4.57 Å². The molecule has 0 spiro atoms. The zero-order valence-corrected chi connectivity index (χ0v) is 14.7. The van der Waals surface area contributed by atoms with Crippen molar-refractivity contribution in [2.75, 3.05) is 7.05 Å². The number of allylic oxidation sites excluding steroid dienone is 7. The van der Waals surface area contributed by atoms with Gasteiger partial charge in [0.25, 0.3) is 6.43 Å². The number of aromatic nitrogens is 3. The fourth-order valence-corrected chi connectivity index (χ4v) is 2.97. The molecule has 0 bridgehead atoms. The van der Waals surface area contributed by atoms with E-state index in [1.807, 2.05) is 6.08 Å². The van der Waals surface area contributed by atoms with Gasteiger partial charge >= 0.3 is 0 Å². The number of hydrogen-bond acceptors (Lipinski definition) is 3. The van der Waals surface area contributed by atoms with Crippen LogP contribution in [0.4, 0.5) is 8.78 Å². The molecule has 0 saturated heterocycles. The van der Waals surface area contributed by atoms with Gasteiger partial charge in [-0.25, -0.2) is 8.78 Å². The Balaban J connectivity index is 1.68.